The molecule has 0 amide bonds. The zero-order valence-electron chi connectivity index (χ0n) is 13.6. The van der Waals surface area contributed by atoms with Crippen LogP contribution in [-0.2, 0) is 10.0 Å². The van der Waals surface area contributed by atoms with Crippen molar-refractivity contribution in [2.75, 3.05) is 4.72 Å². The lowest BCUT2D eigenvalue weighted by atomic mass is 10.2. The van der Waals surface area contributed by atoms with Crippen LogP contribution in [0.2, 0.25) is 0 Å². The number of thiazole rings is 1. The molecule has 136 valence electrons. The number of sulfonamides is 1. The summed E-state index contributed by atoms with van der Waals surface area (Å²) in [6.45, 7) is 0. The summed E-state index contributed by atoms with van der Waals surface area (Å²) in [5.41, 5.74) is 0.849. The molecule has 0 spiro atoms. The number of nitrogens with one attached hydrogen (secondary N) is 2. The number of aromatic nitrogens is 3. The molecular weight excluding hydrogens is 404 g/mol. The molecule has 0 fully saturated rings. The largest absolute Gasteiger partial charge is 0.331 e. The first kappa shape index (κ1) is 17.6. The van der Waals surface area contributed by atoms with Gasteiger partial charge in [-0.1, -0.05) is 12.1 Å². The van der Waals surface area contributed by atoms with Crippen molar-refractivity contribution in [1.82, 2.24) is 14.5 Å². The molecule has 0 atom stereocenters. The number of hydrogen-bond acceptors (Lipinski definition) is 6. The van der Waals surface area contributed by atoms with Crippen LogP contribution in [0.15, 0.2) is 69.8 Å². The minimum atomic E-state index is -3.76. The quantitative estimate of drug-likeness (QED) is 0.498. The molecule has 0 bridgehead atoms. The van der Waals surface area contributed by atoms with Gasteiger partial charge in [0.05, 0.1) is 21.5 Å². The Bertz CT molecular complexity index is 1340. The number of rotatable bonds is 4. The van der Waals surface area contributed by atoms with Crippen molar-refractivity contribution in [1.29, 1.82) is 0 Å². The van der Waals surface area contributed by atoms with Gasteiger partial charge in [0.25, 0.3) is 15.6 Å². The van der Waals surface area contributed by atoms with Crippen LogP contribution in [0.1, 0.15) is 0 Å². The van der Waals surface area contributed by atoms with E-state index in [-0.39, 0.29) is 20.4 Å². The normalized spacial score (nSPS) is 11.6. The second-order valence-electron chi connectivity index (χ2n) is 5.55. The van der Waals surface area contributed by atoms with E-state index in [0.29, 0.717) is 16.6 Å². The number of fused-ring (bicyclic) bond motifs is 1. The third-order valence-electron chi connectivity index (χ3n) is 3.86. The van der Waals surface area contributed by atoms with Crippen LogP contribution in [-0.4, -0.2) is 23.0 Å². The van der Waals surface area contributed by atoms with Gasteiger partial charge >= 0.3 is 0 Å². The average Bonchev–Trinajstić information content (AvgIpc) is 3.14. The lowest BCUT2D eigenvalue weighted by Gasteiger charge is -2.10. The molecule has 2 aromatic heterocycles. The summed E-state index contributed by atoms with van der Waals surface area (Å²) in [6, 6.07) is 13.0. The first-order valence-corrected chi connectivity index (χ1v) is 10.5. The predicted molar refractivity (Wildman–Crippen MR) is 108 cm³/mol. The van der Waals surface area contributed by atoms with Gasteiger partial charge in [0.2, 0.25) is 0 Å². The Hall–Kier alpha value is -2.82. The van der Waals surface area contributed by atoms with Crippen molar-refractivity contribution in [2.45, 2.75) is 4.90 Å². The molecule has 2 N–H and O–H groups in total. The highest BCUT2D eigenvalue weighted by Crippen LogP contribution is 2.19. The van der Waals surface area contributed by atoms with Crippen molar-refractivity contribution in [3.05, 3.63) is 75.2 Å². The molecular formula is C17H12N4O3S3. The molecule has 4 rings (SSSR count). The Morgan fingerprint density at radius 2 is 1.85 bits per heavy atom. The van der Waals surface area contributed by atoms with Crippen molar-refractivity contribution in [3.8, 4) is 5.69 Å². The van der Waals surface area contributed by atoms with Crippen LogP contribution in [0.25, 0.3) is 16.6 Å². The van der Waals surface area contributed by atoms with Crippen LogP contribution in [0.3, 0.4) is 0 Å². The minimum absolute atomic E-state index is 0.0604. The molecule has 0 aliphatic carbocycles. The van der Waals surface area contributed by atoms with E-state index in [1.165, 1.54) is 46.4 Å². The first-order valence-electron chi connectivity index (χ1n) is 7.72. The topological polar surface area (TPSA) is 96.9 Å². The molecule has 4 aromatic rings. The molecule has 7 nitrogen and oxygen atoms in total. The van der Waals surface area contributed by atoms with Crippen LogP contribution >= 0.6 is 23.6 Å². The van der Waals surface area contributed by atoms with E-state index in [9.17, 15) is 13.2 Å². The molecule has 0 saturated heterocycles. The smallest absolute Gasteiger partial charge is 0.266 e. The number of aromatic amines is 1. The minimum Gasteiger partial charge on any atom is -0.331 e. The van der Waals surface area contributed by atoms with Gasteiger partial charge in [-0.25, -0.2) is 13.4 Å². The second-order valence-corrected chi connectivity index (χ2v) is 8.52. The molecule has 0 radical (unpaired) electrons. The summed E-state index contributed by atoms with van der Waals surface area (Å²) in [4.78, 5) is 19.8. The number of benzene rings is 2. The maximum atomic E-state index is 12.8. The van der Waals surface area contributed by atoms with Crippen LogP contribution in [0.5, 0.6) is 0 Å². The monoisotopic (exact) mass is 416 g/mol. The van der Waals surface area contributed by atoms with E-state index < -0.39 is 10.0 Å². The molecule has 2 aromatic carbocycles. The third kappa shape index (κ3) is 3.29. The van der Waals surface area contributed by atoms with E-state index in [2.05, 4.69) is 14.7 Å². The highest BCUT2D eigenvalue weighted by molar-refractivity contribution is 7.93. The maximum Gasteiger partial charge on any atom is 0.266 e. The van der Waals surface area contributed by atoms with E-state index in [4.69, 9.17) is 12.2 Å². The first-order chi connectivity index (χ1) is 13.0. The number of para-hydroxylation sites is 1. The molecule has 0 saturated carbocycles. The van der Waals surface area contributed by atoms with E-state index in [0.717, 1.165) is 0 Å². The zero-order chi connectivity index (χ0) is 19.0. The van der Waals surface area contributed by atoms with Crippen molar-refractivity contribution < 1.29 is 8.42 Å². The van der Waals surface area contributed by atoms with E-state index >= 15 is 0 Å². The summed E-state index contributed by atoms with van der Waals surface area (Å²) < 4.78 is 28.8. The van der Waals surface area contributed by atoms with Gasteiger partial charge in [-0.15, -0.1) is 11.3 Å². The summed E-state index contributed by atoms with van der Waals surface area (Å²) in [7, 11) is -3.76. The van der Waals surface area contributed by atoms with Gasteiger partial charge in [-0.3, -0.25) is 14.1 Å². The van der Waals surface area contributed by atoms with Gasteiger partial charge < -0.3 is 4.98 Å². The standard InChI is InChI=1S/C17H12N4O3S3/c22-15-13-3-1-2-4-14(13)19-17(25)21(15)11-5-7-12(8-6-11)27(23,24)20-16-18-9-10-26-16/h1-10H,(H,18,20)(H,19,25). The summed E-state index contributed by atoms with van der Waals surface area (Å²) in [5.74, 6) is 0. The second kappa shape index (κ2) is 6.72. The fourth-order valence-corrected chi connectivity index (χ4v) is 4.71. The van der Waals surface area contributed by atoms with Crippen LogP contribution in [0, 0.1) is 4.77 Å². The van der Waals surface area contributed by atoms with Gasteiger partial charge in [-0.05, 0) is 48.6 Å². The van der Waals surface area contributed by atoms with Gasteiger partial charge in [0, 0.05) is 11.6 Å². The molecule has 10 heteroatoms. The third-order valence-corrected chi connectivity index (χ3v) is 6.32. The Balaban J connectivity index is 1.76. The number of H-pyrrole nitrogens is 1. The van der Waals surface area contributed by atoms with E-state index in [1.807, 2.05) is 6.07 Å². The lowest BCUT2D eigenvalue weighted by molar-refractivity contribution is 0.601. The fourth-order valence-electron chi connectivity index (χ4n) is 2.62. The van der Waals surface area contributed by atoms with E-state index in [1.54, 1.807) is 23.6 Å². The number of anilines is 1. The Morgan fingerprint density at radius 3 is 2.56 bits per heavy atom. The summed E-state index contributed by atoms with van der Waals surface area (Å²) >= 11 is 6.49. The van der Waals surface area contributed by atoms with Gasteiger partial charge in [0.15, 0.2) is 9.90 Å². The molecule has 0 aliphatic rings. The van der Waals surface area contributed by atoms with Crippen molar-refractivity contribution >= 4 is 49.6 Å². The highest BCUT2D eigenvalue weighted by atomic mass is 32.2. The zero-order valence-corrected chi connectivity index (χ0v) is 16.1. The Labute approximate surface area is 163 Å². The number of hydrogen-bond donors (Lipinski definition) is 2. The molecule has 2 heterocycles. The predicted octanol–water partition coefficient (Wildman–Crippen LogP) is 3.31. The van der Waals surface area contributed by atoms with Gasteiger partial charge in [-0.2, -0.15) is 0 Å². The Kier molecular flexibility index (Phi) is 4.38. The van der Waals surface area contributed by atoms with Crippen molar-refractivity contribution in [3.63, 3.8) is 0 Å². The number of nitrogens with zero attached hydrogens (tertiary/aromatic N) is 2. The van der Waals surface area contributed by atoms with Crippen LogP contribution < -0.4 is 10.3 Å². The molecule has 27 heavy (non-hydrogen) atoms. The summed E-state index contributed by atoms with van der Waals surface area (Å²) in [6.07, 6.45) is 1.51. The van der Waals surface area contributed by atoms with Crippen molar-refractivity contribution in [2.24, 2.45) is 0 Å². The van der Waals surface area contributed by atoms with Gasteiger partial charge in [0.1, 0.15) is 0 Å². The average molecular weight is 417 g/mol. The summed E-state index contributed by atoms with van der Waals surface area (Å²) in [5, 5.41) is 2.45. The van der Waals surface area contributed by atoms with Crippen LogP contribution in [0.4, 0.5) is 5.13 Å². The Morgan fingerprint density at radius 1 is 1.11 bits per heavy atom. The molecule has 0 aliphatic heterocycles. The maximum absolute atomic E-state index is 12.8. The fraction of sp³-hybridized carbons (Fsp3) is 0. The lowest BCUT2D eigenvalue weighted by Crippen LogP contribution is -2.20. The molecule has 0 unspecified atom stereocenters. The SMILES string of the molecule is O=c1c2ccccc2[nH]c(=S)n1-c1ccc(S(=O)(=O)Nc2nccs2)cc1. The highest BCUT2D eigenvalue weighted by Gasteiger charge is 2.16.